The molecule has 0 fully saturated rings. The first-order chi connectivity index (χ1) is 15.5. The molecule has 1 unspecified atom stereocenters. The molecule has 1 aliphatic rings. The maximum atomic E-state index is 13.3. The zero-order chi connectivity index (χ0) is 22.2. The topological polar surface area (TPSA) is 73.0 Å². The normalized spacial score (nSPS) is 15.1. The fourth-order valence-electron chi connectivity index (χ4n) is 3.96. The van der Waals surface area contributed by atoms with Crippen molar-refractivity contribution < 1.29 is 4.79 Å². The molecular weight excluding hydrogens is 422 g/mol. The standard InChI is InChI=1S/C24H23N5O2S/c1-16-8-10-18(11-9-16)29-22-20(13-25-29)23(31)28-19(15-32-24(28)26-22)12-21(30)27(2)14-17-6-4-3-5-7-17/h3-11,13,19H,12,14-15H2,1-2H3. The van der Waals surface area contributed by atoms with Gasteiger partial charge in [0.15, 0.2) is 10.8 Å². The van der Waals surface area contributed by atoms with E-state index in [0.717, 1.165) is 16.8 Å². The number of amides is 1. The second kappa shape index (κ2) is 8.27. The van der Waals surface area contributed by atoms with Crippen LogP contribution in [-0.2, 0) is 11.3 Å². The molecule has 5 rings (SSSR count). The van der Waals surface area contributed by atoms with Crippen LogP contribution in [0.25, 0.3) is 16.7 Å². The summed E-state index contributed by atoms with van der Waals surface area (Å²) in [7, 11) is 1.80. The van der Waals surface area contributed by atoms with Gasteiger partial charge in [0.05, 0.1) is 17.9 Å². The van der Waals surface area contributed by atoms with E-state index in [1.54, 1.807) is 27.4 Å². The average Bonchev–Trinajstić information content (AvgIpc) is 3.40. The third-order valence-electron chi connectivity index (χ3n) is 5.75. The molecule has 0 bridgehead atoms. The van der Waals surface area contributed by atoms with Gasteiger partial charge in [-0.15, -0.1) is 0 Å². The summed E-state index contributed by atoms with van der Waals surface area (Å²) in [6.07, 6.45) is 1.84. The van der Waals surface area contributed by atoms with E-state index in [4.69, 9.17) is 4.98 Å². The number of nitrogens with zero attached hydrogens (tertiary/aromatic N) is 5. The minimum atomic E-state index is -0.215. The van der Waals surface area contributed by atoms with E-state index in [2.05, 4.69) is 5.10 Å². The Hall–Kier alpha value is -3.39. The van der Waals surface area contributed by atoms with Crippen molar-refractivity contribution >= 4 is 28.7 Å². The first-order valence-electron chi connectivity index (χ1n) is 10.5. The van der Waals surface area contributed by atoms with Crippen LogP contribution in [0.2, 0.25) is 0 Å². The monoisotopic (exact) mass is 445 g/mol. The highest BCUT2D eigenvalue weighted by Gasteiger charge is 2.30. The van der Waals surface area contributed by atoms with E-state index in [1.165, 1.54) is 11.8 Å². The van der Waals surface area contributed by atoms with E-state index < -0.39 is 0 Å². The number of carbonyl (C=O) groups is 1. The Bertz CT molecular complexity index is 1340. The quantitative estimate of drug-likeness (QED) is 0.439. The molecule has 0 saturated carbocycles. The molecule has 0 radical (unpaired) electrons. The summed E-state index contributed by atoms with van der Waals surface area (Å²) in [5.41, 5.74) is 3.50. The molecule has 162 valence electrons. The van der Waals surface area contributed by atoms with Gasteiger partial charge >= 0.3 is 0 Å². The summed E-state index contributed by atoms with van der Waals surface area (Å²) in [6.45, 7) is 2.57. The molecule has 3 heterocycles. The van der Waals surface area contributed by atoms with Crippen LogP contribution >= 0.6 is 11.8 Å². The minimum absolute atomic E-state index is 0.00894. The Morgan fingerprint density at radius 1 is 1.16 bits per heavy atom. The second-order valence-corrected chi connectivity index (χ2v) is 9.09. The number of benzene rings is 2. The van der Waals surface area contributed by atoms with Gasteiger partial charge in [-0.25, -0.2) is 9.67 Å². The Morgan fingerprint density at radius 2 is 1.91 bits per heavy atom. The van der Waals surface area contributed by atoms with Crippen molar-refractivity contribution in [2.75, 3.05) is 12.8 Å². The third-order valence-corrected chi connectivity index (χ3v) is 6.85. The van der Waals surface area contributed by atoms with Crippen molar-refractivity contribution in [3.8, 4) is 5.69 Å². The lowest BCUT2D eigenvalue weighted by Crippen LogP contribution is -2.31. The summed E-state index contributed by atoms with van der Waals surface area (Å²) in [5.74, 6) is 0.659. The molecular formula is C24H23N5O2S. The first kappa shape index (κ1) is 20.5. The highest BCUT2D eigenvalue weighted by atomic mass is 32.2. The van der Waals surface area contributed by atoms with Gasteiger partial charge in [0, 0.05) is 25.8 Å². The molecule has 1 aliphatic heterocycles. The molecule has 2 aromatic heterocycles. The molecule has 0 saturated heterocycles. The van der Waals surface area contributed by atoms with Crippen molar-refractivity contribution in [2.45, 2.75) is 31.1 Å². The van der Waals surface area contributed by atoms with E-state index in [9.17, 15) is 9.59 Å². The number of rotatable bonds is 5. The van der Waals surface area contributed by atoms with Crippen molar-refractivity contribution in [3.05, 3.63) is 82.3 Å². The van der Waals surface area contributed by atoms with E-state index in [1.807, 2.05) is 61.5 Å². The zero-order valence-electron chi connectivity index (χ0n) is 17.9. The maximum absolute atomic E-state index is 13.3. The van der Waals surface area contributed by atoms with Gasteiger partial charge < -0.3 is 4.90 Å². The van der Waals surface area contributed by atoms with Crippen LogP contribution in [0.4, 0.5) is 0 Å². The Morgan fingerprint density at radius 3 is 2.66 bits per heavy atom. The largest absolute Gasteiger partial charge is 0.341 e. The number of carbonyl (C=O) groups excluding carboxylic acids is 1. The molecule has 7 nitrogen and oxygen atoms in total. The molecule has 1 atom stereocenters. The number of fused-ring (bicyclic) bond motifs is 2. The first-order valence-corrected chi connectivity index (χ1v) is 11.5. The minimum Gasteiger partial charge on any atom is -0.341 e. The summed E-state index contributed by atoms with van der Waals surface area (Å²) in [5, 5.41) is 5.52. The number of hydrogen-bond acceptors (Lipinski definition) is 5. The lowest BCUT2D eigenvalue weighted by Gasteiger charge is -2.20. The summed E-state index contributed by atoms with van der Waals surface area (Å²) in [4.78, 5) is 32.6. The van der Waals surface area contributed by atoms with Gasteiger partial charge in [-0.1, -0.05) is 59.8 Å². The van der Waals surface area contributed by atoms with Crippen LogP contribution in [0, 0.1) is 6.92 Å². The van der Waals surface area contributed by atoms with Gasteiger partial charge in [-0.2, -0.15) is 5.10 Å². The van der Waals surface area contributed by atoms with Crippen LogP contribution in [0.15, 0.2) is 70.7 Å². The molecule has 4 aromatic rings. The number of aromatic nitrogens is 4. The molecule has 0 aliphatic carbocycles. The van der Waals surface area contributed by atoms with Crippen LogP contribution in [-0.4, -0.2) is 42.9 Å². The van der Waals surface area contributed by atoms with E-state index in [-0.39, 0.29) is 23.9 Å². The van der Waals surface area contributed by atoms with Gasteiger partial charge in [-0.05, 0) is 24.6 Å². The summed E-state index contributed by atoms with van der Waals surface area (Å²) < 4.78 is 3.37. The SMILES string of the molecule is Cc1ccc(-n2ncc3c(=O)n4c(nc32)SCC4CC(=O)N(C)Cc2ccccc2)cc1. The molecule has 0 N–H and O–H groups in total. The second-order valence-electron chi connectivity index (χ2n) is 8.10. The third kappa shape index (κ3) is 3.71. The van der Waals surface area contributed by atoms with Crippen molar-refractivity contribution in [1.82, 2.24) is 24.2 Å². The van der Waals surface area contributed by atoms with Crippen LogP contribution in [0.3, 0.4) is 0 Å². The lowest BCUT2D eigenvalue weighted by atomic mass is 10.1. The van der Waals surface area contributed by atoms with Crippen molar-refractivity contribution in [3.63, 3.8) is 0 Å². The fourth-order valence-corrected chi connectivity index (χ4v) is 5.09. The zero-order valence-corrected chi connectivity index (χ0v) is 18.7. The number of hydrogen-bond donors (Lipinski definition) is 0. The Balaban J connectivity index is 1.41. The molecule has 2 aromatic carbocycles. The number of thioether (sulfide) groups is 1. The van der Waals surface area contributed by atoms with E-state index in [0.29, 0.717) is 28.5 Å². The predicted molar refractivity (Wildman–Crippen MR) is 125 cm³/mol. The van der Waals surface area contributed by atoms with Crippen LogP contribution in [0.5, 0.6) is 0 Å². The van der Waals surface area contributed by atoms with Gasteiger partial charge in [0.25, 0.3) is 5.56 Å². The summed E-state index contributed by atoms with van der Waals surface area (Å²) >= 11 is 1.51. The van der Waals surface area contributed by atoms with Gasteiger partial charge in [0.1, 0.15) is 5.39 Å². The number of aryl methyl sites for hydroxylation is 1. The van der Waals surface area contributed by atoms with Crippen molar-refractivity contribution in [2.24, 2.45) is 0 Å². The Labute approximate surface area is 189 Å². The van der Waals surface area contributed by atoms with Crippen LogP contribution < -0.4 is 5.56 Å². The molecule has 32 heavy (non-hydrogen) atoms. The summed E-state index contributed by atoms with van der Waals surface area (Å²) in [6, 6.07) is 17.6. The Kier molecular flexibility index (Phi) is 5.30. The molecule has 1 amide bonds. The van der Waals surface area contributed by atoms with Gasteiger partial charge in [-0.3, -0.25) is 14.2 Å². The highest BCUT2D eigenvalue weighted by molar-refractivity contribution is 7.99. The average molecular weight is 446 g/mol. The highest BCUT2D eigenvalue weighted by Crippen LogP contribution is 2.33. The maximum Gasteiger partial charge on any atom is 0.265 e. The molecule has 8 heteroatoms. The fraction of sp³-hybridized carbons (Fsp3) is 0.250. The van der Waals surface area contributed by atoms with Crippen LogP contribution in [0.1, 0.15) is 23.6 Å². The molecule has 0 spiro atoms. The van der Waals surface area contributed by atoms with Crippen molar-refractivity contribution in [1.29, 1.82) is 0 Å². The van der Waals surface area contributed by atoms with E-state index >= 15 is 0 Å². The van der Waals surface area contributed by atoms with Gasteiger partial charge in [0.2, 0.25) is 5.91 Å². The smallest absolute Gasteiger partial charge is 0.265 e. The predicted octanol–water partition coefficient (Wildman–Crippen LogP) is 3.59. The lowest BCUT2D eigenvalue weighted by molar-refractivity contribution is -0.131.